The monoisotopic (exact) mass is 237 g/mol. The zero-order chi connectivity index (χ0) is 12.7. The molecule has 1 aromatic carbocycles. The molecule has 0 amide bonds. The van der Waals surface area contributed by atoms with E-state index < -0.39 is 0 Å². The predicted molar refractivity (Wildman–Crippen MR) is 71.7 cm³/mol. The molecule has 0 aliphatic carbocycles. The molecule has 0 fully saturated rings. The van der Waals surface area contributed by atoms with Crippen molar-refractivity contribution in [1.82, 2.24) is 5.32 Å². The molecule has 0 aliphatic heterocycles. The van der Waals surface area contributed by atoms with E-state index in [4.69, 9.17) is 0 Å². The maximum Gasteiger partial charge on any atom is 0.126 e. The van der Waals surface area contributed by atoms with Gasteiger partial charge in [0.2, 0.25) is 0 Å². The number of hydrogen-bond acceptors (Lipinski definition) is 1. The van der Waals surface area contributed by atoms with Crippen LogP contribution in [0, 0.1) is 11.2 Å². The normalized spacial score (nSPS) is 14.6. The van der Waals surface area contributed by atoms with Crippen molar-refractivity contribution in [2.45, 2.75) is 40.0 Å². The lowest BCUT2D eigenvalue weighted by molar-refractivity contribution is 0.274. The van der Waals surface area contributed by atoms with Crippen molar-refractivity contribution < 1.29 is 4.39 Å². The van der Waals surface area contributed by atoms with Gasteiger partial charge in [-0.2, -0.15) is 0 Å². The highest BCUT2D eigenvalue weighted by atomic mass is 19.1. The first-order valence-corrected chi connectivity index (χ1v) is 6.55. The molecular weight excluding hydrogens is 213 g/mol. The lowest BCUT2D eigenvalue weighted by Gasteiger charge is -2.30. The van der Waals surface area contributed by atoms with Gasteiger partial charge in [-0.05, 0) is 36.4 Å². The Morgan fingerprint density at radius 2 is 1.94 bits per heavy atom. The molecule has 0 heterocycles. The van der Waals surface area contributed by atoms with Crippen LogP contribution in [-0.2, 0) is 6.42 Å². The summed E-state index contributed by atoms with van der Waals surface area (Å²) in [4.78, 5) is 0. The quantitative estimate of drug-likeness (QED) is 0.761. The third kappa shape index (κ3) is 4.47. The molecule has 1 rings (SSSR count). The Kier molecular flexibility index (Phi) is 5.63. The van der Waals surface area contributed by atoms with Gasteiger partial charge in [-0.1, -0.05) is 45.4 Å². The van der Waals surface area contributed by atoms with Gasteiger partial charge in [-0.3, -0.25) is 0 Å². The molecule has 1 atom stereocenters. The van der Waals surface area contributed by atoms with E-state index in [0.29, 0.717) is 0 Å². The summed E-state index contributed by atoms with van der Waals surface area (Å²) >= 11 is 0. The Bertz CT molecular complexity index is 337. The highest BCUT2D eigenvalue weighted by Crippen LogP contribution is 2.28. The van der Waals surface area contributed by atoms with Crippen molar-refractivity contribution in [3.8, 4) is 0 Å². The van der Waals surface area contributed by atoms with Crippen molar-refractivity contribution in [3.05, 3.63) is 35.6 Å². The molecule has 0 radical (unpaired) electrons. The average molecular weight is 237 g/mol. The van der Waals surface area contributed by atoms with Crippen molar-refractivity contribution in [2.75, 3.05) is 13.1 Å². The van der Waals surface area contributed by atoms with Gasteiger partial charge < -0.3 is 5.32 Å². The number of rotatable bonds is 7. The van der Waals surface area contributed by atoms with Gasteiger partial charge in [0.25, 0.3) is 0 Å². The topological polar surface area (TPSA) is 12.0 Å². The van der Waals surface area contributed by atoms with Crippen LogP contribution in [-0.4, -0.2) is 13.1 Å². The van der Waals surface area contributed by atoms with Gasteiger partial charge in [0.15, 0.2) is 0 Å². The SMILES string of the molecule is CCCC(C)(CNCC)Cc1ccccc1F. The van der Waals surface area contributed by atoms with E-state index >= 15 is 0 Å². The van der Waals surface area contributed by atoms with Crippen LogP contribution >= 0.6 is 0 Å². The van der Waals surface area contributed by atoms with Crippen LogP contribution in [0.15, 0.2) is 24.3 Å². The van der Waals surface area contributed by atoms with E-state index in [9.17, 15) is 4.39 Å². The Morgan fingerprint density at radius 1 is 1.24 bits per heavy atom. The Balaban J connectivity index is 2.75. The van der Waals surface area contributed by atoms with Crippen LogP contribution < -0.4 is 5.32 Å². The van der Waals surface area contributed by atoms with E-state index in [2.05, 4.69) is 26.1 Å². The molecule has 0 bridgehead atoms. The summed E-state index contributed by atoms with van der Waals surface area (Å²) in [5, 5.41) is 3.39. The third-order valence-corrected chi connectivity index (χ3v) is 3.23. The predicted octanol–water partition coefficient (Wildman–Crippen LogP) is 3.78. The van der Waals surface area contributed by atoms with Gasteiger partial charge in [0, 0.05) is 6.54 Å². The van der Waals surface area contributed by atoms with Crippen LogP contribution in [0.5, 0.6) is 0 Å². The molecule has 0 spiro atoms. The highest BCUT2D eigenvalue weighted by molar-refractivity contribution is 5.19. The second-order valence-electron chi connectivity index (χ2n) is 5.11. The van der Waals surface area contributed by atoms with E-state index in [1.165, 1.54) is 0 Å². The maximum atomic E-state index is 13.7. The summed E-state index contributed by atoms with van der Waals surface area (Å²) in [6, 6.07) is 7.11. The fourth-order valence-electron chi connectivity index (χ4n) is 2.37. The average Bonchev–Trinajstić information content (AvgIpc) is 2.30. The van der Waals surface area contributed by atoms with Gasteiger partial charge in [-0.15, -0.1) is 0 Å². The van der Waals surface area contributed by atoms with Gasteiger partial charge >= 0.3 is 0 Å². The summed E-state index contributed by atoms with van der Waals surface area (Å²) in [6.45, 7) is 8.45. The molecule has 1 aromatic rings. The molecule has 17 heavy (non-hydrogen) atoms. The van der Waals surface area contributed by atoms with E-state index in [-0.39, 0.29) is 11.2 Å². The second kappa shape index (κ2) is 6.75. The largest absolute Gasteiger partial charge is 0.316 e. The third-order valence-electron chi connectivity index (χ3n) is 3.23. The fourth-order valence-corrected chi connectivity index (χ4v) is 2.37. The smallest absolute Gasteiger partial charge is 0.126 e. The van der Waals surface area contributed by atoms with Crippen molar-refractivity contribution in [3.63, 3.8) is 0 Å². The standard InChI is InChI=1S/C15H24FN/c1-4-10-15(3,12-17-5-2)11-13-8-6-7-9-14(13)16/h6-9,17H,4-5,10-12H2,1-3H3. The molecule has 2 heteroatoms. The lowest BCUT2D eigenvalue weighted by atomic mass is 9.79. The van der Waals surface area contributed by atoms with E-state index in [0.717, 1.165) is 37.9 Å². The number of benzene rings is 1. The first-order chi connectivity index (χ1) is 8.11. The molecule has 0 aromatic heterocycles. The van der Waals surface area contributed by atoms with Gasteiger partial charge in [0.05, 0.1) is 0 Å². The minimum absolute atomic E-state index is 0.0775. The summed E-state index contributed by atoms with van der Waals surface area (Å²) in [7, 11) is 0. The van der Waals surface area contributed by atoms with Gasteiger partial charge in [0.1, 0.15) is 5.82 Å². The minimum atomic E-state index is -0.0775. The van der Waals surface area contributed by atoms with Crippen molar-refractivity contribution in [2.24, 2.45) is 5.41 Å². The molecule has 0 aliphatic rings. The van der Waals surface area contributed by atoms with Crippen LogP contribution in [0.1, 0.15) is 39.2 Å². The zero-order valence-corrected chi connectivity index (χ0v) is 11.2. The number of hydrogen-bond donors (Lipinski definition) is 1. The molecule has 0 saturated carbocycles. The Labute approximate surface area is 104 Å². The summed E-state index contributed by atoms with van der Waals surface area (Å²) in [6.07, 6.45) is 3.06. The maximum absolute atomic E-state index is 13.7. The summed E-state index contributed by atoms with van der Waals surface area (Å²) < 4.78 is 13.7. The number of nitrogens with one attached hydrogen (secondary N) is 1. The lowest BCUT2D eigenvalue weighted by Crippen LogP contribution is -2.33. The van der Waals surface area contributed by atoms with Crippen LogP contribution in [0.2, 0.25) is 0 Å². The fraction of sp³-hybridized carbons (Fsp3) is 0.600. The highest BCUT2D eigenvalue weighted by Gasteiger charge is 2.24. The molecule has 0 saturated heterocycles. The van der Waals surface area contributed by atoms with Crippen molar-refractivity contribution >= 4 is 0 Å². The van der Waals surface area contributed by atoms with Crippen LogP contribution in [0.3, 0.4) is 0 Å². The number of halogens is 1. The molecular formula is C15H24FN. The second-order valence-corrected chi connectivity index (χ2v) is 5.11. The Morgan fingerprint density at radius 3 is 2.53 bits per heavy atom. The minimum Gasteiger partial charge on any atom is -0.316 e. The summed E-state index contributed by atoms with van der Waals surface area (Å²) in [5.41, 5.74) is 0.980. The molecule has 1 unspecified atom stereocenters. The first-order valence-electron chi connectivity index (χ1n) is 6.55. The Hall–Kier alpha value is -0.890. The van der Waals surface area contributed by atoms with Gasteiger partial charge in [-0.25, -0.2) is 4.39 Å². The first kappa shape index (κ1) is 14.2. The van der Waals surface area contributed by atoms with Crippen LogP contribution in [0.25, 0.3) is 0 Å². The molecule has 1 N–H and O–H groups in total. The summed E-state index contributed by atoms with van der Waals surface area (Å²) in [5.74, 6) is -0.0775. The van der Waals surface area contributed by atoms with Crippen molar-refractivity contribution in [1.29, 1.82) is 0 Å². The van der Waals surface area contributed by atoms with Crippen LogP contribution in [0.4, 0.5) is 4.39 Å². The molecule has 96 valence electrons. The van der Waals surface area contributed by atoms with E-state index in [1.807, 2.05) is 12.1 Å². The zero-order valence-electron chi connectivity index (χ0n) is 11.2. The molecule has 1 nitrogen and oxygen atoms in total. The van der Waals surface area contributed by atoms with E-state index in [1.54, 1.807) is 12.1 Å².